The standard InChI is InChI=1S/C21H24N2O/c1-15-18(16-6-3-2-4-7-16)8-5-9-19(15)21(24)22-20-14-23-12-10-17(20)11-13-23/h2-9,17,20H,10-14H2,1H3,(H,22,24)/t20-/m0/s1. The fourth-order valence-electron chi connectivity index (χ4n) is 4.19. The highest BCUT2D eigenvalue weighted by Crippen LogP contribution is 2.29. The molecule has 0 saturated carbocycles. The smallest absolute Gasteiger partial charge is 0.251 e. The molecule has 0 unspecified atom stereocenters. The summed E-state index contributed by atoms with van der Waals surface area (Å²) in [6.07, 6.45) is 2.43. The maximum Gasteiger partial charge on any atom is 0.251 e. The van der Waals surface area contributed by atoms with Crippen LogP contribution in [0.5, 0.6) is 0 Å². The van der Waals surface area contributed by atoms with E-state index in [0.717, 1.165) is 28.8 Å². The number of hydrogen-bond acceptors (Lipinski definition) is 2. The van der Waals surface area contributed by atoms with Gasteiger partial charge in [-0.3, -0.25) is 4.79 Å². The molecule has 5 rings (SSSR count). The van der Waals surface area contributed by atoms with Crippen molar-refractivity contribution in [1.29, 1.82) is 0 Å². The molecule has 124 valence electrons. The fourth-order valence-corrected chi connectivity index (χ4v) is 4.19. The SMILES string of the molecule is Cc1c(C(=O)N[C@H]2CN3CCC2CC3)cccc1-c1ccccc1. The van der Waals surface area contributed by atoms with Crippen LogP contribution in [0.25, 0.3) is 11.1 Å². The molecule has 2 bridgehead atoms. The average molecular weight is 320 g/mol. The summed E-state index contributed by atoms with van der Waals surface area (Å²) in [5, 5.41) is 3.31. The predicted molar refractivity (Wildman–Crippen MR) is 97.0 cm³/mol. The van der Waals surface area contributed by atoms with E-state index in [4.69, 9.17) is 0 Å². The Morgan fingerprint density at radius 1 is 1.04 bits per heavy atom. The second-order valence-electron chi connectivity index (χ2n) is 7.06. The monoisotopic (exact) mass is 320 g/mol. The first-order valence-corrected chi connectivity index (χ1v) is 8.90. The molecule has 3 fully saturated rings. The van der Waals surface area contributed by atoms with E-state index in [0.29, 0.717) is 12.0 Å². The molecule has 1 N–H and O–H groups in total. The Bertz CT molecular complexity index is 733. The van der Waals surface area contributed by atoms with E-state index in [2.05, 4.69) is 28.4 Å². The second-order valence-corrected chi connectivity index (χ2v) is 7.06. The summed E-state index contributed by atoms with van der Waals surface area (Å²) in [6, 6.07) is 16.6. The van der Waals surface area contributed by atoms with Crippen LogP contribution in [-0.2, 0) is 0 Å². The predicted octanol–water partition coefficient (Wildman–Crippen LogP) is 3.49. The molecule has 3 heterocycles. The molecule has 1 atom stereocenters. The molecule has 2 aromatic carbocycles. The lowest BCUT2D eigenvalue weighted by Crippen LogP contribution is -2.57. The van der Waals surface area contributed by atoms with E-state index in [-0.39, 0.29) is 5.91 Å². The summed E-state index contributed by atoms with van der Waals surface area (Å²) in [6.45, 7) is 5.45. The normalized spacial score (nSPS) is 25.5. The van der Waals surface area contributed by atoms with Gasteiger partial charge in [0.1, 0.15) is 0 Å². The van der Waals surface area contributed by atoms with Crippen molar-refractivity contribution in [3.05, 3.63) is 59.7 Å². The van der Waals surface area contributed by atoms with Crippen LogP contribution in [0.1, 0.15) is 28.8 Å². The summed E-state index contributed by atoms with van der Waals surface area (Å²) >= 11 is 0. The molecular weight excluding hydrogens is 296 g/mol. The number of benzene rings is 2. The number of rotatable bonds is 3. The molecule has 0 radical (unpaired) electrons. The van der Waals surface area contributed by atoms with E-state index < -0.39 is 0 Å². The van der Waals surface area contributed by atoms with Crippen LogP contribution in [0.2, 0.25) is 0 Å². The minimum Gasteiger partial charge on any atom is -0.348 e. The quantitative estimate of drug-likeness (QED) is 0.939. The van der Waals surface area contributed by atoms with E-state index in [1.807, 2.05) is 37.3 Å². The Morgan fingerprint density at radius 3 is 2.46 bits per heavy atom. The first-order chi connectivity index (χ1) is 11.7. The van der Waals surface area contributed by atoms with Crippen LogP contribution in [0.3, 0.4) is 0 Å². The number of carbonyl (C=O) groups excluding carboxylic acids is 1. The van der Waals surface area contributed by atoms with Gasteiger partial charge in [-0.05, 0) is 61.5 Å². The van der Waals surface area contributed by atoms with Crippen molar-refractivity contribution in [3.8, 4) is 11.1 Å². The van der Waals surface area contributed by atoms with Gasteiger partial charge >= 0.3 is 0 Å². The Kier molecular flexibility index (Phi) is 4.11. The number of fused-ring (bicyclic) bond motifs is 3. The van der Waals surface area contributed by atoms with Gasteiger partial charge in [-0.1, -0.05) is 42.5 Å². The van der Waals surface area contributed by atoms with Crippen LogP contribution < -0.4 is 5.32 Å². The summed E-state index contributed by atoms with van der Waals surface area (Å²) in [7, 11) is 0. The molecule has 24 heavy (non-hydrogen) atoms. The van der Waals surface area contributed by atoms with Crippen molar-refractivity contribution in [2.24, 2.45) is 5.92 Å². The molecule has 3 aliphatic heterocycles. The van der Waals surface area contributed by atoms with Crippen molar-refractivity contribution >= 4 is 5.91 Å². The lowest BCUT2D eigenvalue weighted by Gasteiger charge is -2.45. The zero-order chi connectivity index (χ0) is 16.5. The first-order valence-electron chi connectivity index (χ1n) is 8.90. The number of nitrogens with zero attached hydrogens (tertiary/aromatic N) is 1. The zero-order valence-electron chi connectivity index (χ0n) is 14.2. The van der Waals surface area contributed by atoms with Gasteiger partial charge in [0.25, 0.3) is 5.91 Å². The van der Waals surface area contributed by atoms with E-state index in [1.54, 1.807) is 0 Å². The van der Waals surface area contributed by atoms with Gasteiger partial charge in [0.15, 0.2) is 0 Å². The third kappa shape index (κ3) is 2.84. The molecular formula is C21H24N2O. The lowest BCUT2D eigenvalue weighted by molar-refractivity contribution is 0.0620. The molecule has 3 aliphatic rings. The highest BCUT2D eigenvalue weighted by Gasteiger charge is 2.35. The summed E-state index contributed by atoms with van der Waals surface area (Å²) in [5.41, 5.74) is 4.15. The van der Waals surface area contributed by atoms with Gasteiger partial charge in [-0.25, -0.2) is 0 Å². The minimum atomic E-state index is 0.0732. The number of piperidine rings is 3. The van der Waals surface area contributed by atoms with Gasteiger partial charge in [-0.15, -0.1) is 0 Å². The molecule has 1 amide bonds. The molecule has 0 aromatic heterocycles. The van der Waals surface area contributed by atoms with Crippen molar-refractivity contribution < 1.29 is 4.79 Å². The Hall–Kier alpha value is -2.13. The molecule has 3 heteroatoms. The van der Waals surface area contributed by atoms with E-state index in [9.17, 15) is 4.79 Å². The lowest BCUT2D eigenvalue weighted by atomic mass is 9.84. The Balaban J connectivity index is 1.57. The van der Waals surface area contributed by atoms with Gasteiger partial charge in [-0.2, -0.15) is 0 Å². The number of nitrogens with one attached hydrogen (secondary N) is 1. The first kappa shape index (κ1) is 15.4. The zero-order valence-corrected chi connectivity index (χ0v) is 14.2. The highest BCUT2D eigenvalue weighted by atomic mass is 16.1. The summed E-state index contributed by atoms with van der Waals surface area (Å²) in [5.74, 6) is 0.723. The van der Waals surface area contributed by atoms with Crippen molar-refractivity contribution in [2.75, 3.05) is 19.6 Å². The van der Waals surface area contributed by atoms with Gasteiger partial charge in [0, 0.05) is 18.2 Å². The van der Waals surface area contributed by atoms with Crippen LogP contribution in [0, 0.1) is 12.8 Å². The number of hydrogen-bond donors (Lipinski definition) is 1. The number of carbonyl (C=O) groups is 1. The highest BCUT2D eigenvalue weighted by molar-refractivity contribution is 5.97. The third-order valence-electron chi connectivity index (χ3n) is 5.64. The minimum absolute atomic E-state index is 0.0732. The van der Waals surface area contributed by atoms with Crippen LogP contribution >= 0.6 is 0 Å². The van der Waals surface area contributed by atoms with E-state index in [1.165, 1.54) is 25.9 Å². The summed E-state index contributed by atoms with van der Waals surface area (Å²) < 4.78 is 0. The van der Waals surface area contributed by atoms with Crippen molar-refractivity contribution in [2.45, 2.75) is 25.8 Å². The van der Waals surface area contributed by atoms with Crippen molar-refractivity contribution in [1.82, 2.24) is 10.2 Å². The topological polar surface area (TPSA) is 32.3 Å². The van der Waals surface area contributed by atoms with Crippen LogP contribution in [-0.4, -0.2) is 36.5 Å². The van der Waals surface area contributed by atoms with Crippen LogP contribution in [0.15, 0.2) is 48.5 Å². The fraction of sp³-hybridized carbons (Fsp3) is 0.381. The molecule has 2 aromatic rings. The third-order valence-corrected chi connectivity index (χ3v) is 5.64. The van der Waals surface area contributed by atoms with Gasteiger partial charge < -0.3 is 10.2 Å². The van der Waals surface area contributed by atoms with E-state index >= 15 is 0 Å². The maximum absolute atomic E-state index is 12.9. The van der Waals surface area contributed by atoms with Gasteiger partial charge in [0.05, 0.1) is 0 Å². The Labute approximate surface area is 143 Å². The van der Waals surface area contributed by atoms with Gasteiger partial charge in [0.2, 0.25) is 0 Å². The number of amides is 1. The summed E-state index contributed by atoms with van der Waals surface area (Å²) in [4.78, 5) is 15.3. The largest absolute Gasteiger partial charge is 0.348 e. The molecule has 3 nitrogen and oxygen atoms in total. The second kappa shape index (κ2) is 6.40. The molecule has 0 aliphatic carbocycles. The molecule has 3 saturated heterocycles. The molecule has 0 spiro atoms. The Morgan fingerprint density at radius 2 is 1.79 bits per heavy atom. The van der Waals surface area contributed by atoms with Crippen molar-refractivity contribution in [3.63, 3.8) is 0 Å². The van der Waals surface area contributed by atoms with Crippen LogP contribution in [0.4, 0.5) is 0 Å². The maximum atomic E-state index is 12.9. The average Bonchev–Trinajstić information content (AvgIpc) is 2.63.